The lowest BCUT2D eigenvalue weighted by molar-refractivity contribution is 0.158. The van der Waals surface area contributed by atoms with Gasteiger partial charge in [0.2, 0.25) is 0 Å². The van der Waals surface area contributed by atoms with Crippen LogP contribution >= 0.6 is 0 Å². The van der Waals surface area contributed by atoms with E-state index in [4.69, 9.17) is 0 Å². The van der Waals surface area contributed by atoms with E-state index in [-0.39, 0.29) is 0 Å². The normalized spacial score (nSPS) is 17.9. The first kappa shape index (κ1) is 12.4. The van der Waals surface area contributed by atoms with Crippen LogP contribution in [0.1, 0.15) is 0 Å². The number of pyridine rings is 1. The van der Waals surface area contributed by atoms with Crippen LogP contribution < -0.4 is 5.32 Å². The predicted octanol–water partition coefficient (Wildman–Crippen LogP) is 0.994. The first-order chi connectivity index (χ1) is 9.33. The zero-order chi connectivity index (χ0) is 13.1. The maximum Gasteiger partial charge on any atom is 0.138 e. The van der Waals surface area contributed by atoms with E-state index < -0.39 is 0 Å². The summed E-state index contributed by atoms with van der Waals surface area (Å²) in [5, 5.41) is 3.50. The molecule has 1 N–H and O–H groups in total. The molecule has 1 saturated heterocycles. The van der Waals surface area contributed by atoms with Gasteiger partial charge in [-0.05, 0) is 19.2 Å². The van der Waals surface area contributed by atoms with Gasteiger partial charge in [-0.15, -0.1) is 0 Å². The van der Waals surface area contributed by atoms with Crippen LogP contribution in [-0.2, 0) is 0 Å². The molecule has 0 aliphatic carbocycles. The molecule has 102 valence electrons. The number of fused-ring (bicyclic) bond motifs is 1. The second-order valence-corrected chi connectivity index (χ2v) is 5.14. The fraction of sp³-hybridized carbons (Fsp3) is 0.500. The predicted molar refractivity (Wildman–Crippen MR) is 77.6 cm³/mol. The molecule has 0 radical (unpaired) electrons. The highest BCUT2D eigenvalue weighted by Crippen LogP contribution is 2.10. The number of hydrogen-bond acceptors (Lipinski definition) is 4. The first-order valence-electron chi connectivity index (χ1n) is 6.90. The average Bonchev–Trinajstić information content (AvgIpc) is 2.90. The fourth-order valence-electron chi connectivity index (χ4n) is 2.51. The number of likely N-dealkylation sites (N-methyl/N-ethyl adjacent to an activating group) is 1. The molecule has 0 aromatic carbocycles. The number of hydrogen-bond donors (Lipinski definition) is 1. The summed E-state index contributed by atoms with van der Waals surface area (Å²) in [5.74, 6) is 1.11. The maximum atomic E-state index is 4.29. The summed E-state index contributed by atoms with van der Waals surface area (Å²) in [6.45, 7) is 6.77. The zero-order valence-corrected chi connectivity index (χ0v) is 11.4. The van der Waals surface area contributed by atoms with Crippen LogP contribution in [0.25, 0.3) is 5.65 Å². The highest BCUT2D eigenvalue weighted by Gasteiger charge is 2.12. The van der Waals surface area contributed by atoms with Crippen molar-refractivity contribution < 1.29 is 0 Å². The molecule has 0 spiro atoms. The van der Waals surface area contributed by atoms with Crippen LogP contribution in [0, 0.1) is 0 Å². The van der Waals surface area contributed by atoms with Gasteiger partial charge in [0, 0.05) is 51.7 Å². The molecule has 5 heteroatoms. The van der Waals surface area contributed by atoms with Gasteiger partial charge in [-0.25, -0.2) is 4.98 Å². The number of piperazine rings is 1. The number of aromatic nitrogens is 2. The molecule has 5 nitrogen and oxygen atoms in total. The molecule has 1 fully saturated rings. The molecule has 1 aliphatic rings. The van der Waals surface area contributed by atoms with Gasteiger partial charge in [-0.3, -0.25) is 9.30 Å². The van der Waals surface area contributed by atoms with E-state index in [1.54, 1.807) is 0 Å². The molecule has 0 atom stereocenters. The van der Waals surface area contributed by atoms with E-state index in [0.29, 0.717) is 0 Å². The summed E-state index contributed by atoms with van der Waals surface area (Å²) in [4.78, 5) is 9.19. The fourth-order valence-corrected chi connectivity index (χ4v) is 2.51. The molecule has 0 unspecified atom stereocenters. The second kappa shape index (κ2) is 5.59. The molecule has 2 aromatic rings. The van der Waals surface area contributed by atoms with E-state index in [9.17, 15) is 0 Å². The van der Waals surface area contributed by atoms with Crippen molar-refractivity contribution in [3.63, 3.8) is 0 Å². The molecule has 3 heterocycles. The van der Waals surface area contributed by atoms with Crippen LogP contribution in [0.2, 0.25) is 0 Å². The van der Waals surface area contributed by atoms with Gasteiger partial charge in [0.1, 0.15) is 11.5 Å². The van der Waals surface area contributed by atoms with Crippen molar-refractivity contribution in [2.24, 2.45) is 0 Å². The van der Waals surface area contributed by atoms with Gasteiger partial charge in [0.15, 0.2) is 0 Å². The summed E-state index contributed by atoms with van der Waals surface area (Å²) in [6.07, 6.45) is 3.83. The third-order valence-electron chi connectivity index (χ3n) is 3.76. The topological polar surface area (TPSA) is 35.8 Å². The van der Waals surface area contributed by atoms with Crippen molar-refractivity contribution in [3.05, 3.63) is 30.6 Å². The number of imidazole rings is 1. The molecular formula is C14H21N5. The number of nitrogens with one attached hydrogen (secondary N) is 1. The standard InChI is InChI=1S/C14H21N5/c1-17-9-11-18(12-10-17)7-5-15-13-3-2-4-14-16-6-8-19(13)14/h2-4,6,8,15H,5,7,9-12H2,1H3. The molecule has 3 rings (SSSR count). The van der Waals surface area contributed by atoms with E-state index in [1.807, 2.05) is 24.5 Å². The lowest BCUT2D eigenvalue weighted by atomic mass is 10.3. The average molecular weight is 259 g/mol. The number of nitrogens with zero attached hydrogens (tertiary/aromatic N) is 4. The van der Waals surface area contributed by atoms with Crippen LogP contribution in [0.4, 0.5) is 5.82 Å². The molecule has 2 aromatic heterocycles. The quantitative estimate of drug-likeness (QED) is 0.888. The minimum Gasteiger partial charge on any atom is -0.370 e. The van der Waals surface area contributed by atoms with Crippen molar-refractivity contribution in [3.8, 4) is 0 Å². The van der Waals surface area contributed by atoms with Crippen LogP contribution in [0.15, 0.2) is 30.6 Å². The Balaban J connectivity index is 1.53. The Morgan fingerprint density at radius 1 is 1.21 bits per heavy atom. The maximum absolute atomic E-state index is 4.29. The van der Waals surface area contributed by atoms with Gasteiger partial charge < -0.3 is 10.2 Å². The Labute approximate surface area is 113 Å². The molecule has 0 saturated carbocycles. The first-order valence-corrected chi connectivity index (χ1v) is 6.90. The van der Waals surface area contributed by atoms with Crippen molar-refractivity contribution in [1.82, 2.24) is 19.2 Å². The Hall–Kier alpha value is -1.59. The largest absolute Gasteiger partial charge is 0.370 e. The highest BCUT2D eigenvalue weighted by molar-refractivity contribution is 5.49. The van der Waals surface area contributed by atoms with Crippen LogP contribution in [0.3, 0.4) is 0 Å². The van der Waals surface area contributed by atoms with Crippen molar-refractivity contribution in [2.45, 2.75) is 0 Å². The Morgan fingerprint density at radius 3 is 2.89 bits per heavy atom. The summed E-state index contributed by atoms with van der Waals surface area (Å²) >= 11 is 0. The highest BCUT2D eigenvalue weighted by atomic mass is 15.3. The van der Waals surface area contributed by atoms with Gasteiger partial charge in [0.25, 0.3) is 0 Å². The van der Waals surface area contributed by atoms with Crippen molar-refractivity contribution in [2.75, 3.05) is 51.6 Å². The second-order valence-electron chi connectivity index (χ2n) is 5.14. The Morgan fingerprint density at radius 2 is 2.05 bits per heavy atom. The van der Waals surface area contributed by atoms with Crippen LogP contribution in [-0.4, -0.2) is 65.5 Å². The van der Waals surface area contributed by atoms with Gasteiger partial charge in [-0.1, -0.05) is 6.07 Å². The summed E-state index contributed by atoms with van der Waals surface area (Å²) in [7, 11) is 2.19. The summed E-state index contributed by atoms with van der Waals surface area (Å²) < 4.78 is 2.09. The molecular weight excluding hydrogens is 238 g/mol. The summed E-state index contributed by atoms with van der Waals surface area (Å²) in [6, 6.07) is 6.16. The summed E-state index contributed by atoms with van der Waals surface area (Å²) in [5.41, 5.74) is 0.990. The number of rotatable bonds is 4. The van der Waals surface area contributed by atoms with Crippen molar-refractivity contribution >= 4 is 11.5 Å². The minimum atomic E-state index is 0.973. The Kier molecular flexibility index (Phi) is 3.66. The van der Waals surface area contributed by atoms with Gasteiger partial charge in [0.05, 0.1) is 0 Å². The van der Waals surface area contributed by atoms with Gasteiger partial charge >= 0.3 is 0 Å². The van der Waals surface area contributed by atoms with E-state index in [2.05, 4.69) is 37.6 Å². The zero-order valence-electron chi connectivity index (χ0n) is 11.4. The molecule has 19 heavy (non-hydrogen) atoms. The number of anilines is 1. The van der Waals surface area contributed by atoms with E-state index in [0.717, 1.165) is 24.6 Å². The van der Waals surface area contributed by atoms with Crippen molar-refractivity contribution in [1.29, 1.82) is 0 Å². The van der Waals surface area contributed by atoms with Crippen LogP contribution in [0.5, 0.6) is 0 Å². The lowest BCUT2D eigenvalue weighted by Gasteiger charge is -2.32. The third kappa shape index (κ3) is 2.88. The molecule has 0 amide bonds. The SMILES string of the molecule is CN1CCN(CCNc2cccc3nccn23)CC1. The van der Waals surface area contributed by atoms with Gasteiger partial charge in [-0.2, -0.15) is 0 Å². The lowest BCUT2D eigenvalue weighted by Crippen LogP contribution is -2.45. The van der Waals surface area contributed by atoms with E-state index in [1.165, 1.54) is 26.2 Å². The molecule has 1 aliphatic heterocycles. The smallest absolute Gasteiger partial charge is 0.138 e. The minimum absolute atomic E-state index is 0.973. The monoisotopic (exact) mass is 259 g/mol. The molecule has 0 bridgehead atoms. The Bertz CT molecular complexity index is 527. The third-order valence-corrected chi connectivity index (χ3v) is 3.76. The van der Waals surface area contributed by atoms with E-state index >= 15 is 0 Å².